The number of fused-ring (bicyclic) bond motifs is 1. The second-order valence-corrected chi connectivity index (χ2v) is 12.0. The maximum absolute atomic E-state index is 3.44. The van der Waals surface area contributed by atoms with Gasteiger partial charge in [-0.2, -0.15) is 0 Å². The van der Waals surface area contributed by atoms with Gasteiger partial charge in [-0.3, -0.25) is 0 Å². The largest absolute Gasteiger partial charge is 0.134 e. The molecule has 0 atom stereocenters. The van der Waals surface area contributed by atoms with E-state index in [1.54, 1.807) is 0 Å². The molecule has 4 aromatic carbocycles. The van der Waals surface area contributed by atoms with Gasteiger partial charge in [0, 0.05) is 26.4 Å². The fraction of sp³-hybridized carbons (Fsp3) is 0.211. The van der Waals surface area contributed by atoms with Gasteiger partial charge in [0.15, 0.2) is 0 Å². The predicted molar refractivity (Wildman–Crippen MR) is 169 cm³/mol. The zero-order valence-electron chi connectivity index (χ0n) is 23.2. The van der Waals surface area contributed by atoms with E-state index in [9.17, 15) is 0 Å². The summed E-state index contributed by atoms with van der Waals surface area (Å²) in [5, 5.41) is 0. The molecular formula is C38H34S. The smallest absolute Gasteiger partial charge is 0.0430 e. The molecule has 1 aliphatic rings. The molecule has 39 heavy (non-hydrogen) atoms. The Labute approximate surface area is 237 Å². The lowest BCUT2D eigenvalue weighted by atomic mass is 9.84. The van der Waals surface area contributed by atoms with Gasteiger partial charge < -0.3 is 0 Å². The summed E-state index contributed by atoms with van der Waals surface area (Å²) in [5.74, 6) is 0.915. The molecule has 0 bridgehead atoms. The van der Waals surface area contributed by atoms with Gasteiger partial charge in [0.05, 0.1) is 0 Å². The summed E-state index contributed by atoms with van der Waals surface area (Å²) in [4.78, 5) is 2.81. The maximum atomic E-state index is 3.44. The maximum Gasteiger partial charge on any atom is 0.0430 e. The number of allylic oxidation sites excluding steroid dienone is 1. The van der Waals surface area contributed by atoms with Gasteiger partial charge in [-0.25, -0.2) is 0 Å². The lowest BCUT2D eigenvalue weighted by Gasteiger charge is -2.20. The molecule has 0 saturated carbocycles. The van der Waals surface area contributed by atoms with Gasteiger partial charge in [0.2, 0.25) is 0 Å². The fourth-order valence-corrected chi connectivity index (χ4v) is 7.40. The van der Waals surface area contributed by atoms with Crippen LogP contribution in [0.2, 0.25) is 0 Å². The first-order valence-electron chi connectivity index (χ1n) is 14.1. The number of hydrogen-bond donors (Lipinski definition) is 0. The van der Waals surface area contributed by atoms with Crippen molar-refractivity contribution < 1.29 is 0 Å². The first-order chi connectivity index (χ1) is 19.0. The number of hydrogen-bond acceptors (Lipinski definition) is 1. The highest BCUT2D eigenvalue weighted by Crippen LogP contribution is 2.51. The molecule has 1 aromatic heterocycles. The molecule has 0 amide bonds. The van der Waals surface area contributed by atoms with Gasteiger partial charge in [0.1, 0.15) is 0 Å². The van der Waals surface area contributed by atoms with Gasteiger partial charge in [0.25, 0.3) is 0 Å². The number of rotatable bonds is 6. The Bertz CT molecular complexity index is 1610. The van der Waals surface area contributed by atoms with Gasteiger partial charge in [-0.05, 0) is 75.8 Å². The summed E-state index contributed by atoms with van der Waals surface area (Å²) >= 11 is 1.98. The second kappa shape index (κ2) is 10.7. The molecule has 1 aliphatic carbocycles. The molecule has 0 aliphatic heterocycles. The van der Waals surface area contributed by atoms with Crippen LogP contribution in [0.1, 0.15) is 68.2 Å². The number of benzene rings is 3. The zero-order valence-corrected chi connectivity index (χ0v) is 24.0. The molecular weight excluding hydrogens is 488 g/mol. The van der Waals surface area contributed by atoms with E-state index in [0.717, 1.165) is 18.4 Å². The van der Waals surface area contributed by atoms with E-state index in [1.165, 1.54) is 59.8 Å². The third-order valence-corrected chi connectivity index (χ3v) is 9.10. The van der Waals surface area contributed by atoms with Crippen molar-refractivity contribution in [3.63, 3.8) is 0 Å². The quantitative estimate of drug-likeness (QED) is 0.208. The molecule has 0 saturated heterocycles. The summed E-state index contributed by atoms with van der Waals surface area (Å²) in [5.41, 5.74) is 13.3. The van der Waals surface area contributed by atoms with E-state index in [1.807, 2.05) is 17.4 Å². The minimum Gasteiger partial charge on any atom is -0.134 e. The van der Waals surface area contributed by atoms with Crippen molar-refractivity contribution in [2.45, 2.75) is 52.4 Å². The van der Waals surface area contributed by atoms with Crippen molar-refractivity contribution >= 4 is 17.4 Å². The standard InChI is InChI=1S/C38H34S/c1-25(2)29-21-13-22-30(26(3)4)36(29)38-33-20-12-11-19-32(33)37(39-38)34-24-14-23-31(27-15-7-5-8-16-27)35(34)28-17-9-6-10-18-28/h5-9,12-17,20-26H,11,19H2,1-4H3. The highest BCUT2D eigenvalue weighted by atomic mass is 32.1. The van der Waals surface area contributed by atoms with Crippen molar-refractivity contribution in [3.8, 4) is 43.1 Å². The van der Waals surface area contributed by atoms with Crippen LogP contribution in [0.5, 0.6) is 0 Å². The van der Waals surface area contributed by atoms with Crippen LogP contribution in [0, 0.1) is 12.1 Å². The average molecular weight is 523 g/mol. The van der Waals surface area contributed by atoms with Gasteiger partial charge >= 0.3 is 0 Å². The Morgan fingerprint density at radius 1 is 0.692 bits per heavy atom. The summed E-state index contributed by atoms with van der Waals surface area (Å²) in [6.45, 7) is 9.29. The van der Waals surface area contributed by atoms with Crippen LogP contribution in [0.15, 0.2) is 91.0 Å². The summed E-state index contributed by atoms with van der Waals surface area (Å²) in [6.07, 6.45) is 6.89. The lowest BCUT2D eigenvalue weighted by Crippen LogP contribution is -2.00. The monoisotopic (exact) mass is 522 g/mol. The minimum absolute atomic E-state index is 0.457. The van der Waals surface area contributed by atoms with E-state index in [2.05, 4.69) is 131 Å². The van der Waals surface area contributed by atoms with Gasteiger partial charge in [-0.15, -0.1) is 11.3 Å². The van der Waals surface area contributed by atoms with E-state index in [4.69, 9.17) is 0 Å². The Hall–Kier alpha value is -3.86. The second-order valence-electron chi connectivity index (χ2n) is 11.0. The number of thiophene rings is 1. The molecule has 192 valence electrons. The topological polar surface area (TPSA) is 0 Å². The summed E-state index contributed by atoms with van der Waals surface area (Å²) < 4.78 is 0. The molecule has 1 heterocycles. The van der Waals surface area contributed by atoms with E-state index in [-0.39, 0.29) is 0 Å². The normalized spacial score (nSPS) is 12.6. The Morgan fingerprint density at radius 2 is 1.41 bits per heavy atom. The average Bonchev–Trinajstić information content (AvgIpc) is 3.36. The molecule has 6 rings (SSSR count). The fourth-order valence-electron chi connectivity index (χ4n) is 5.94. The zero-order chi connectivity index (χ0) is 26.9. The lowest BCUT2D eigenvalue weighted by molar-refractivity contribution is 0.838. The Balaban J connectivity index is 1.67. The molecule has 0 radical (unpaired) electrons. The SMILES string of the molecule is CC(C)c1cccc(C(C)C)c1-c1sc(-c2cccc(-c3ccccc3)c2-c2c#cccc2)c2c1C=CCC2. The molecule has 0 unspecified atom stereocenters. The van der Waals surface area contributed by atoms with Crippen LogP contribution >= 0.6 is 11.3 Å². The minimum atomic E-state index is 0.457. The third kappa shape index (κ3) is 4.64. The van der Waals surface area contributed by atoms with Crippen molar-refractivity contribution in [3.05, 3.63) is 125 Å². The molecule has 5 aromatic rings. The van der Waals surface area contributed by atoms with E-state index in [0.29, 0.717) is 11.8 Å². The van der Waals surface area contributed by atoms with E-state index < -0.39 is 0 Å². The highest BCUT2D eigenvalue weighted by Gasteiger charge is 2.27. The van der Waals surface area contributed by atoms with E-state index >= 15 is 0 Å². The van der Waals surface area contributed by atoms with Crippen LogP contribution in [0.25, 0.3) is 49.2 Å². The first-order valence-corrected chi connectivity index (χ1v) is 14.9. The Kier molecular flexibility index (Phi) is 6.99. The molecule has 0 fully saturated rings. The van der Waals surface area contributed by atoms with Crippen molar-refractivity contribution in [2.75, 3.05) is 0 Å². The highest BCUT2D eigenvalue weighted by molar-refractivity contribution is 7.19. The van der Waals surface area contributed by atoms with Crippen LogP contribution in [0.4, 0.5) is 0 Å². The van der Waals surface area contributed by atoms with Crippen molar-refractivity contribution in [1.29, 1.82) is 0 Å². The molecule has 0 spiro atoms. The third-order valence-electron chi connectivity index (χ3n) is 7.81. The molecule has 0 nitrogen and oxygen atoms in total. The van der Waals surface area contributed by atoms with Crippen molar-refractivity contribution in [1.82, 2.24) is 0 Å². The van der Waals surface area contributed by atoms with Crippen LogP contribution in [-0.4, -0.2) is 0 Å². The molecule has 1 heteroatoms. The summed E-state index contributed by atoms with van der Waals surface area (Å²) in [6, 6.07) is 37.3. The van der Waals surface area contributed by atoms with Gasteiger partial charge in [-0.1, -0.05) is 125 Å². The van der Waals surface area contributed by atoms with Crippen LogP contribution < -0.4 is 0 Å². The van der Waals surface area contributed by atoms with Crippen molar-refractivity contribution in [2.24, 2.45) is 0 Å². The first kappa shape index (κ1) is 25.4. The molecule has 0 N–H and O–H groups in total. The van der Waals surface area contributed by atoms with Crippen LogP contribution in [-0.2, 0) is 6.42 Å². The predicted octanol–water partition coefficient (Wildman–Crippen LogP) is 11.2. The Morgan fingerprint density at radius 3 is 2.10 bits per heavy atom. The van der Waals surface area contributed by atoms with Crippen LogP contribution in [0.3, 0.4) is 0 Å². The summed E-state index contributed by atoms with van der Waals surface area (Å²) in [7, 11) is 0.